The van der Waals surface area contributed by atoms with Crippen molar-refractivity contribution in [1.82, 2.24) is 0 Å². The minimum Gasteiger partial charge on any atom is -0.491 e. The fraction of sp³-hybridized carbons (Fsp3) is 0.875. The van der Waals surface area contributed by atoms with Gasteiger partial charge in [0.15, 0.2) is 44.0 Å². The van der Waals surface area contributed by atoms with Gasteiger partial charge >= 0.3 is 0 Å². The van der Waals surface area contributed by atoms with Crippen LogP contribution in [0, 0.1) is 0 Å². The van der Waals surface area contributed by atoms with E-state index in [-0.39, 0.29) is 5.75 Å². The minimum absolute atomic E-state index is 0.216. The number of hydrogen-bond donors (Lipinski definition) is 20. The molecule has 1 aromatic rings. The molecule has 35 nitrogen and oxygen atoms in total. The molecular formula is C48H73BrO35. The molecule has 482 valence electrons. The van der Waals surface area contributed by atoms with Crippen molar-refractivity contribution in [2.45, 2.75) is 215 Å². The van der Waals surface area contributed by atoms with E-state index in [2.05, 4.69) is 15.9 Å². The summed E-state index contributed by atoms with van der Waals surface area (Å²) >= 11 is 3.31. The van der Waals surface area contributed by atoms with Gasteiger partial charge in [0.2, 0.25) is 0 Å². The van der Waals surface area contributed by atoms with Crippen LogP contribution in [0.25, 0.3) is 0 Å². The topological polar surface area (TPSA) is 543 Å². The fourth-order valence-corrected chi connectivity index (χ4v) is 11.4. The molecule has 0 radical (unpaired) electrons. The van der Waals surface area contributed by atoms with Crippen LogP contribution in [-0.4, -0.2) is 363 Å². The zero-order chi connectivity index (χ0) is 60.7. The Morgan fingerprint density at radius 3 is 0.631 bits per heavy atom. The van der Waals surface area contributed by atoms with E-state index in [1.807, 2.05) is 0 Å². The Balaban J connectivity index is 1.02. The second-order valence-electron chi connectivity index (χ2n) is 21.2. The van der Waals surface area contributed by atoms with E-state index in [0.29, 0.717) is 4.47 Å². The van der Waals surface area contributed by atoms with Crippen LogP contribution < -0.4 is 4.74 Å². The van der Waals surface area contributed by atoms with Gasteiger partial charge in [-0.2, -0.15) is 0 Å². The molecule has 20 N–H and O–H groups in total. The Kier molecular flexibility index (Phi) is 22.6. The van der Waals surface area contributed by atoms with E-state index >= 15 is 0 Å². The molecule has 0 aliphatic carbocycles. The number of rotatable bonds is 9. The maximum atomic E-state index is 11.8. The zero-order valence-electron chi connectivity index (χ0n) is 43.9. The number of halogens is 1. The van der Waals surface area contributed by atoms with E-state index < -0.39 is 261 Å². The highest BCUT2D eigenvalue weighted by molar-refractivity contribution is 9.10. The lowest BCUT2D eigenvalue weighted by Crippen LogP contribution is -2.68. The van der Waals surface area contributed by atoms with Crippen molar-refractivity contribution >= 4 is 15.9 Å². The molecule has 1 aromatic carbocycles. The lowest BCUT2D eigenvalue weighted by molar-refractivity contribution is -0.396. The van der Waals surface area contributed by atoms with Gasteiger partial charge in [-0.15, -0.1) is 0 Å². The molecule has 21 saturated heterocycles. The van der Waals surface area contributed by atoms with E-state index in [1.165, 1.54) is 12.1 Å². The summed E-state index contributed by atoms with van der Waals surface area (Å²) in [6.45, 7) is -6.84. The summed E-state index contributed by atoms with van der Waals surface area (Å²) in [6.07, 6.45) is -70.0. The Hall–Kier alpha value is -1.86. The van der Waals surface area contributed by atoms with Gasteiger partial charge in [0.1, 0.15) is 183 Å². The Labute approximate surface area is 483 Å². The van der Waals surface area contributed by atoms with E-state index in [9.17, 15) is 102 Å². The average molecular weight is 1290 g/mol. The summed E-state index contributed by atoms with van der Waals surface area (Å²) in [5.41, 5.74) is 0. The first-order valence-corrected chi connectivity index (χ1v) is 27.6. The first-order chi connectivity index (χ1) is 40.1. The molecule has 0 aromatic heterocycles. The normalized spacial score (nSPS) is 51.7. The van der Waals surface area contributed by atoms with Crippen molar-refractivity contribution in [3.63, 3.8) is 0 Å². The molecule has 0 amide bonds. The Bertz CT molecular complexity index is 2180. The fourth-order valence-electron chi connectivity index (χ4n) is 11.1. The van der Waals surface area contributed by atoms with Gasteiger partial charge in [-0.3, -0.25) is 0 Å². The van der Waals surface area contributed by atoms with Crippen LogP contribution in [0.15, 0.2) is 28.7 Å². The summed E-state index contributed by atoms with van der Waals surface area (Å²) in [5.74, 6) is 0.216. The highest BCUT2D eigenvalue weighted by Gasteiger charge is 2.59. The summed E-state index contributed by atoms with van der Waals surface area (Å²) in [4.78, 5) is 0. The van der Waals surface area contributed by atoms with Crippen molar-refractivity contribution in [2.75, 3.05) is 46.2 Å². The van der Waals surface area contributed by atoms with Gasteiger partial charge in [0.05, 0.1) is 39.6 Å². The third kappa shape index (κ3) is 13.5. The summed E-state index contributed by atoms with van der Waals surface area (Å²) in [5, 5.41) is 223. The van der Waals surface area contributed by atoms with Crippen molar-refractivity contribution in [2.24, 2.45) is 0 Å². The van der Waals surface area contributed by atoms with Gasteiger partial charge in [0, 0.05) is 4.47 Å². The molecule has 0 saturated carbocycles. The molecule has 21 aliphatic heterocycles. The highest BCUT2D eigenvalue weighted by Crippen LogP contribution is 2.39. The number of aliphatic hydroxyl groups excluding tert-OH is 20. The van der Waals surface area contributed by atoms with Crippen molar-refractivity contribution < 1.29 is 173 Å². The maximum absolute atomic E-state index is 11.8. The second-order valence-corrected chi connectivity index (χ2v) is 22.1. The molecule has 21 fully saturated rings. The van der Waals surface area contributed by atoms with Crippen molar-refractivity contribution in [3.8, 4) is 5.75 Å². The molecule has 84 heavy (non-hydrogen) atoms. The van der Waals surface area contributed by atoms with Crippen molar-refractivity contribution in [1.29, 1.82) is 0 Å². The van der Waals surface area contributed by atoms with Gasteiger partial charge in [-0.25, -0.2) is 0 Å². The average Bonchev–Trinajstić information content (AvgIpc) is 3.44. The van der Waals surface area contributed by atoms with E-state index in [1.54, 1.807) is 12.1 Å². The van der Waals surface area contributed by atoms with Crippen LogP contribution in [0.5, 0.6) is 5.75 Å². The number of benzene rings is 1. The maximum Gasteiger partial charge on any atom is 0.187 e. The number of hydrogen-bond acceptors (Lipinski definition) is 35. The quantitative estimate of drug-likeness (QED) is 0.109. The van der Waals surface area contributed by atoms with Crippen LogP contribution in [0.1, 0.15) is 0 Å². The van der Waals surface area contributed by atoms with Gasteiger partial charge in [-0.05, 0) is 24.3 Å². The van der Waals surface area contributed by atoms with Gasteiger partial charge in [-0.1, -0.05) is 15.9 Å². The molecule has 21 aliphatic rings. The van der Waals surface area contributed by atoms with Crippen LogP contribution in [0.3, 0.4) is 0 Å². The molecular weight excluding hydrogens is 1220 g/mol. The standard InChI is InChI=1S/C48H73BrO35/c49-12-1-3-13(4-2-12)70-11-20-41-27(62)34(69)48(77-20)83-40-19(10-55)75-46(32(67)25(40)60)81-38-17(8-53)73-44(30(65)23(38)58)79-36-15(6-51)71-42(28(63)21(36)56)78-35-14(5-50)72-43(29(64)22(35)57)80-37-16(7-52)74-45(31(66)24(37)59)82-39-18(9-54)76-47(84-41)33(68)26(39)61/h1-4,14-48,50-69H,5-11H2/t14-,15-,16-,17-,18-,19-,20-,21-,22+,23-,24+,25-,26+,27-,28-,29+,30-,31+,32-,33+,34-,35-,36-,37-,38-,39-,40-,41-,42-,43-,44-,45-,46-,47-,48-/m1/s1. The minimum atomic E-state index is -2.21. The molecule has 21 heterocycles. The Morgan fingerprint density at radius 1 is 0.262 bits per heavy atom. The highest BCUT2D eigenvalue weighted by atomic mass is 79.9. The second kappa shape index (κ2) is 28.5. The Morgan fingerprint density at radius 2 is 0.440 bits per heavy atom. The van der Waals surface area contributed by atoms with E-state index in [4.69, 9.17) is 71.1 Å². The first-order valence-electron chi connectivity index (χ1n) is 26.8. The molecule has 36 heteroatoms. The predicted octanol–water partition coefficient (Wildman–Crippen LogP) is -12.4. The summed E-state index contributed by atoms with van der Waals surface area (Å²) in [7, 11) is 0. The number of ether oxygens (including phenoxy) is 15. The van der Waals surface area contributed by atoms with Crippen LogP contribution in [0.2, 0.25) is 0 Å². The summed E-state index contributed by atoms with van der Waals surface area (Å²) < 4.78 is 87.7. The third-order valence-corrected chi connectivity index (χ3v) is 16.4. The predicted molar refractivity (Wildman–Crippen MR) is 261 cm³/mol. The van der Waals surface area contributed by atoms with E-state index in [0.717, 1.165) is 0 Å². The SMILES string of the molecule is OC[C@H]1O[C@@H]2O[C@H]3[C@H](O)[C@@H](O)[C@@H](O[C@H]4[C@H](O)[C@@H](O)[C@@H](O[C@H]5[C@@H](O)[C@H](O)[C@@H](O[C@H]6[C@@H](O)[C@H](O)[C@@H](O[C@H]7[C@@H](O)[C@H](O)[C@@H](O[C@H]8[C@H](O)[C@@H](O)[C@@H](O[C@H]1[C@H](O)[C@H]2O)O[C@@H]8COc1ccc(Br)cc1)O[C@@H]7CO)O[C@@H]6CO)O[C@@H]5CO)O[C@@H]4CO)O[C@@H]3CO. The smallest absolute Gasteiger partial charge is 0.187 e. The number of aliphatic hydroxyl groups is 20. The largest absolute Gasteiger partial charge is 0.491 e. The third-order valence-electron chi connectivity index (χ3n) is 15.8. The molecule has 35 atom stereocenters. The van der Waals surface area contributed by atoms with Crippen molar-refractivity contribution in [3.05, 3.63) is 28.7 Å². The molecule has 0 spiro atoms. The monoisotopic (exact) mass is 1290 g/mol. The van der Waals surface area contributed by atoms with Gasteiger partial charge in [0.25, 0.3) is 0 Å². The molecule has 0 unspecified atom stereocenters. The van der Waals surface area contributed by atoms with Crippen LogP contribution in [-0.2, 0) is 66.3 Å². The van der Waals surface area contributed by atoms with Crippen LogP contribution >= 0.6 is 15.9 Å². The molecule has 22 rings (SSSR count). The van der Waals surface area contributed by atoms with Crippen LogP contribution in [0.4, 0.5) is 0 Å². The summed E-state index contributed by atoms with van der Waals surface area (Å²) in [6, 6.07) is 6.28. The van der Waals surface area contributed by atoms with Gasteiger partial charge < -0.3 is 173 Å². The molecule has 14 bridgehead atoms. The lowest BCUT2D eigenvalue weighted by Gasteiger charge is -2.50. The zero-order valence-corrected chi connectivity index (χ0v) is 45.5. The lowest BCUT2D eigenvalue weighted by atomic mass is 9.95. The first kappa shape index (κ1) is 66.6.